The molecule has 3 heterocycles. The van der Waals surface area contributed by atoms with Crippen molar-refractivity contribution in [2.45, 2.75) is 25.8 Å². The fourth-order valence-corrected chi connectivity index (χ4v) is 3.46. The number of ether oxygens (including phenoxy) is 1. The van der Waals surface area contributed by atoms with E-state index < -0.39 is 17.3 Å². The quantitative estimate of drug-likeness (QED) is 0.676. The number of H-pyrrole nitrogens is 1. The number of hydrogen-bond donors (Lipinski definition) is 2. The molecule has 0 bridgehead atoms. The molecule has 29 heavy (non-hydrogen) atoms. The molecule has 2 aromatic heterocycles. The molecule has 0 radical (unpaired) electrons. The van der Waals surface area contributed by atoms with E-state index in [2.05, 4.69) is 20.6 Å². The van der Waals surface area contributed by atoms with Crippen molar-refractivity contribution in [1.29, 1.82) is 0 Å². The van der Waals surface area contributed by atoms with Gasteiger partial charge in [0.25, 0.3) is 11.5 Å². The number of rotatable bonds is 3. The lowest BCUT2D eigenvalue weighted by atomic mass is 10.1. The van der Waals surface area contributed by atoms with Gasteiger partial charge in [0, 0.05) is 19.1 Å². The van der Waals surface area contributed by atoms with Gasteiger partial charge in [-0.25, -0.2) is 13.7 Å². The molecule has 1 saturated heterocycles. The highest BCUT2D eigenvalue weighted by atomic mass is 19.1. The molecule has 10 nitrogen and oxygen atoms in total. The van der Waals surface area contributed by atoms with Crippen LogP contribution in [0.4, 0.5) is 9.18 Å². The van der Waals surface area contributed by atoms with Crippen molar-refractivity contribution in [3.8, 4) is 0 Å². The number of aromatic amines is 1. The van der Waals surface area contributed by atoms with Crippen LogP contribution < -0.4 is 10.9 Å². The number of hydrogen-bond acceptors (Lipinski definition) is 6. The second-order valence-electron chi connectivity index (χ2n) is 6.75. The molecular formula is C18H19FN6O4. The number of halogens is 1. The lowest BCUT2D eigenvalue weighted by Crippen LogP contribution is -2.46. The Morgan fingerprint density at radius 2 is 2.10 bits per heavy atom. The minimum Gasteiger partial charge on any atom is -0.450 e. The first-order valence-electron chi connectivity index (χ1n) is 9.27. The minimum absolute atomic E-state index is 0.00873. The van der Waals surface area contributed by atoms with Crippen molar-refractivity contribution < 1.29 is 18.7 Å². The molecule has 1 fully saturated rings. The second-order valence-corrected chi connectivity index (χ2v) is 6.75. The molecule has 1 aliphatic heterocycles. The first-order chi connectivity index (χ1) is 14.0. The lowest BCUT2D eigenvalue weighted by Gasteiger charge is -2.31. The Labute approximate surface area is 163 Å². The maximum absolute atomic E-state index is 13.4. The van der Waals surface area contributed by atoms with Crippen molar-refractivity contribution in [2.75, 3.05) is 19.7 Å². The van der Waals surface area contributed by atoms with Gasteiger partial charge in [0.1, 0.15) is 5.82 Å². The highest BCUT2D eigenvalue weighted by Gasteiger charge is 2.27. The van der Waals surface area contributed by atoms with E-state index in [9.17, 15) is 18.8 Å². The number of likely N-dealkylation sites (tertiary alicyclic amines) is 1. The van der Waals surface area contributed by atoms with Crippen LogP contribution in [0, 0.1) is 5.82 Å². The summed E-state index contributed by atoms with van der Waals surface area (Å²) >= 11 is 0. The van der Waals surface area contributed by atoms with E-state index in [4.69, 9.17) is 4.74 Å². The van der Waals surface area contributed by atoms with Crippen LogP contribution in [0.15, 0.2) is 23.0 Å². The number of fused-ring (bicyclic) bond motifs is 3. The summed E-state index contributed by atoms with van der Waals surface area (Å²) in [6.07, 6.45) is 0.751. The van der Waals surface area contributed by atoms with Crippen LogP contribution in [0.2, 0.25) is 0 Å². The standard InChI is InChI=1S/C18H19FN6O4/c1-2-29-18(28)24-7-5-11(6-8-24)20-16(26)14-15-17(27)21-12-9-10(19)3-4-13(12)25(15)23-22-14/h3-4,9,11H,2,5-8H2,1H3,(H,20,26)(H,21,27). The zero-order chi connectivity index (χ0) is 20.5. The lowest BCUT2D eigenvalue weighted by molar-refractivity contribution is 0.0857. The summed E-state index contributed by atoms with van der Waals surface area (Å²) in [7, 11) is 0. The van der Waals surface area contributed by atoms with Gasteiger partial charge in [0.15, 0.2) is 11.2 Å². The Balaban J connectivity index is 1.53. The maximum atomic E-state index is 13.4. The van der Waals surface area contributed by atoms with Gasteiger partial charge in [0.05, 0.1) is 17.6 Å². The molecule has 0 unspecified atom stereocenters. The largest absolute Gasteiger partial charge is 0.450 e. The summed E-state index contributed by atoms with van der Waals surface area (Å²) in [5.74, 6) is -1.03. The monoisotopic (exact) mass is 402 g/mol. The Morgan fingerprint density at radius 3 is 2.83 bits per heavy atom. The fourth-order valence-electron chi connectivity index (χ4n) is 3.46. The van der Waals surface area contributed by atoms with Gasteiger partial charge >= 0.3 is 6.09 Å². The SMILES string of the molecule is CCOC(=O)N1CCC(NC(=O)c2nnn3c2c(=O)[nH]c2cc(F)ccc23)CC1. The van der Waals surface area contributed by atoms with Crippen LogP contribution in [0.1, 0.15) is 30.3 Å². The van der Waals surface area contributed by atoms with Crippen LogP contribution in [-0.4, -0.2) is 62.5 Å². The van der Waals surface area contributed by atoms with E-state index in [-0.39, 0.29) is 28.9 Å². The molecule has 0 spiro atoms. The zero-order valence-corrected chi connectivity index (χ0v) is 15.6. The van der Waals surface area contributed by atoms with E-state index in [0.717, 1.165) is 0 Å². The number of amides is 2. The molecule has 0 saturated carbocycles. The predicted octanol–water partition coefficient (Wildman–Crippen LogP) is 1.06. The summed E-state index contributed by atoms with van der Waals surface area (Å²) in [6.45, 7) is 2.98. The number of nitrogens with one attached hydrogen (secondary N) is 2. The number of piperidine rings is 1. The first-order valence-corrected chi connectivity index (χ1v) is 9.27. The number of benzene rings is 1. The fraction of sp³-hybridized carbons (Fsp3) is 0.389. The molecule has 11 heteroatoms. The molecule has 1 aromatic carbocycles. The van der Waals surface area contributed by atoms with Gasteiger partial charge in [-0.1, -0.05) is 5.21 Å². The molecule has 2 N–H and O–H groups in total. The average Bonchev–Trinajstić information content (AvgIpc) is 3.14. The van der Waals surface area contributed by atoms with Crippen molar-refractivity contribution in [1.82, 2.24) is 30.0 Å². The van der Waals surface area contributed by atoms with Crippen LogP contribution in [0.5, 0.6) is 0 Å². The molecule has 152 valence electrons. The normalized spacial score (nSPS) is 15.0. The van der Waals surface area contributed by atoms with Crippen LogP contribution >= 0.6 is 0 Å². The highest BCUT2D eigenvalue weighted by molar-refractivity contribution is 5.99. The Hall–Kier alpha value is -3.50. The van der Waals surface area contributed by atoms with Crippen molar-refractivity contribution >= 4 is 28.6 Å². The third kappa shape index (κ3) is 3.50. The van der Waals surface area contributed by atoms with Gasteiger partial charge in [0.2, 0.25) is 0 Å². The number of carbonyl (C=O) groups excluding carboxylic acids is 2. The number of aromatic nitrogens is 4. The van der Waals surface area contributed by atoms with E-state index in [1.54, 1.807) is 11.8 Å². The van der Waals surface area contributed by atoms with Gasteiger partial charge < -0.3 is 19.9 Å². The van der Waals surface area contributed by atoms with Crippen molar-refractivity contribution in [3.63, 3.8) is 0 Å². The molecule has 1 aliphatic rings. The third-order valence-electron chi connectivity index (χ3n) is 4.89. The third-order valence-corrected chi connectivity index (χ3v) is 4.89. The Bertz CT molecular complexity index is 1150. The van der Waals surface area contributed by atoms with Gasteiger partial charge in [-0.3, -0.25) is 9.59 Å². The van der Waals surface area contributed by atoms with Crippen LogP contribution in [-0.2, 0) is 4.74 Å². The van der Waals surface area contributed by atoms with Gasteiger partial charge in [-0.15, -0.1) is 5.10 Å². The van der Waals surface area contributed by atoms with E-state index in [1.165, 1.54) is 22.7 Å². The first kappa shape index (κ1) is 18.8. The highest BCUT2D eigenvalue weighted by Crippen LogP contribution is 2.16. The molecule has 0 aliphatic carbocycles. The van der Waals surface area contributed by atoms with Crippen LogP contribution in [0.25, 0.3) is 16.6 Å². The van der Waals surface area contributed by atoms with E-state index in [1.807, 2.05) is 0 Å². The average molecular weight is 402 g/mol. The summed E-state index contributed by atoms with van der Waals surface area (Å²) in [4.78, 5) is 41.1. The minimum atomic E-state index is -0.588. The smallest absolute Gasteiger partial charge is 0.409 e. The summed E-state index contributed by atoms with van der Waals surface area (Å²) < 4.78 is 19.6. The molecule has 2 amide bonds. The van der Waals surface area contributed by atoms with E-state index >= 15 is 0 Å². The summed E-state index contributed by atoms with van der Waals surface area (Å²) in [5.41, 5.74) is -0.0211. The second kappa shape index (κ2) is 7.49. The molecule has 4 rings (SSSR count). The van der Waals surface area contributed by atoms with E-state index in [0.29, 0.717) is 38.1 Å². The zero-order valence-electron chi connectivity index (χ0n) is 15.6. The van der Waals surface area contributed by atoms with Crippen molar-refractivity contribution in [3.05, 3.63) is 40.1 Å². The molecule has 0 atom stereocenters. The topological polar surface area (TPSA) is 122 Å². The number of carbonyl (C=O) groups is 2. The molecule has 3 aromatic rings. The van der Waals surface area contributed by atoms with Crippen LogP contribution in [0.3, 0.4) is 0 Å². The maximum Gasteiger partial charge on any atom is 0.409 e. The number of nitrogens with zero attached hydrogens (tertiary/aromatic N) is 4. The van der Waals surface area contributed by atoms with Crippen molar-refractivity contribution in [2.24, 2.45) is 0 Å². The molecular weight excluding hydrogens is 383 g/mol. The summed E-state index contributed by atoms with van der Waals surface area (Å²) in [5, 5.41) is 10.6. The Morgan fingerprint density at radius 1 is 1.34 bits per heavy atom. The predicted molar refractivity (Wildman–Crippen MR) is 100 cm³/mol. The Kier molecular flexibility index (Phi) is 4.87. The van der Waals surface area contributed by atoms with Gasteiger partial charge in [-0.05, 0) is 38.0 Å². The van der Waals surface area contributed by atoms with Gasteiger partial charge in [-0.2, -0.15) is 0 Å². The summed E-state index contributed by atoms with van der Waals surface area (Å²) in [6, 6.07) is 3.70.